The van der Waals surface area contributed by atoms with Crippen molar-refractivity contribution in [2.24, 2.45) is 0 Å². The Morgan fingerprint density at radius 1 is 1.33 bits per heavy atom. The molecule has 0 radical (unpaired) electrons. The number of thiocarbonyl (C=S) groups is 1. The van der Waals surface area contributed by atoms with E-state index < -0.39 is 0 Å². The van der Waals surface area contributed by atoms with Gasteiger partial charge in [-0.2, -0.15) is 0 Å². The molecule has 1 aromatic carbocycles. The smallest absolute Gasteiger partial charge is 0.226 e. The minimum Gasteiger partial charge on any atom is -0.308 e. The monoisotopic (exact) mass is 319 g/mol. The van der Waals surface area contributed by atoms with Gasteiger partial charge in [0.15, 0.2) is 10.2 Å². The van der Waals surface area contributed by atoms with E-state index in [0.29, 0.717) is 16.7 Å². The summed E-state index contributed by atoms with van der Waals surface area (Å²) in [5.41, 5.74) is 1.95. The standard InChI is InChI=1S/C15H17N3OS2/c1-2-3-9-13(19)17-14(20)18-15-16-12(10-21-15)11-7-5-4-6-8-11/h4-8,10H,2-3,9H2,1H3,(H2,16,17,18,19,20). The van der Waals surface area contributed by atoms with Crippen LogP contribution in [0.1, 0.15) is 26.2 Å². The average Bonchev–Trinajstić information content (AvgIpc) is 2.94. The summed E-state index contributed by atoms with van der Waals surface area (Å²) in [6.45, 7) is 2.05. The molecule has 2 N–H and O–H groups in total. The van der Waals surface area contributed by atoms with Crippen LogP contribution in [0, 0.1) is 0 Å². The number of aromatic nitrogens is 1. The van der Waals surface area contributed by atoms with E-state index in [9.17, 15) is 4.79 Å². The molecule has 0 saturated carbocycles. The molecule has 0 aliphatic carbocycles. The summed E-state index contributed by atoms with van der Waals surface area (Å²) < 4.78 is 0. The molecule has 21 heavy (non-hydrogen) atoms. The number of benzene rings is 1. The molecule has 0 saturated heterocycles. The van der Waals surface area contributed by atoms with Gasteiger partial charge in [-0.15, -0.1) is 11.3 Å². The normalized spacial score (nSPS) is 10.1. The lowest BCUT2D eigenvalue weighted by Gasteiger charge is -2.06. The van der Waals surface area contributed by atoms with Gasteiger partial charge in [-0.05, 0) is 18.6 Å². The van der Waals surface area contributed by atoms with Crippen LogP contribution in [0.2, 0.25) is 0 Å². The molecule has 6 heteroatoms. The molecule has 1 heterocycles. The van der Waals surface area contributed by atoms with Gasteiger partial charge < -0.3 is 10.6 Å². The summed E-state index contributed by atoms with van der Waals surface area (Å²) >= 11 is 6.57. The number of amides is 1. The third kappa shape index (κ3) is 4.91. The second-order valence-electron chi connectivity index (χ2n) is 4.51. The molecule has 0 spiro atoms. The van der Waals surface area contributed by atoms with Gasteiger partial charge in [-0.25, -0.2) is 4.98 Å². The Hall–Kier alpha value is -1.79. The van der Waals surface area contributed by atoms with Gasteiger partial charge in [0.25, 0.3) is 0 Å². The molecule has 0 fully saturated rings. The third-order valence-corrected chi connectivity index (χ3v) is 3.77. The number of rotatable bonds is 5. The van der Waals surface area contributed by atoms with E-state index in [1.165, 1.54) is 11.3 Å². The molecule has 2 aromatic rings. The third-order valence-electron chi connectivity index (χ3n) is 2.80. The summed E-state index contributed by atoms with van der Waals surface area (Å²) in [5.74, 6) is -0.0609. The number of nitrogens with one attached hydrogen (secondary N) is 2. The van der Waals surface area contributed by atoms with Crippen LogP contribution in [0.25, 0.3) is 11.3 Å². The maximum absolute atomic E-state index is 11.6. The first-order valence-electron chi connectivity index (χ1n) is 6.81. The summed E-state index contributed by atoms with van der Waals surface area (Å²) in [5, 5.41) is 8.54. The van der Waals surface area contributed by atoms with Crippen molar-refractivity contribution in [3.63, 3.8) is 0 Å². The fourth-order valence-corrected chi connectivity index (χ4v) is 2.73. The van der Waals surface area contributed by atoms with E-state index in [2.05, 4.69) is 15.6 Å². The zero-order valence-electron chi connectivity index (χ0n) is 11.8. The Balaban J connectivity index is 1.91. The lowest BCUT2D eigenvalue weighted by molar-refractivity contribution is -0.119. The maximum Gasteiger partial charge on any atom is 0.226 e. The Labute approximate surface area is 133 Å². The molecule has 1 amide bonds. The molecule has 110 valence electrons. The molecule has 4 nitrogen and oxygen atoms in total. The first kappa shape index (κ1) is 15.6. The Bertz CT molecular complexity index is 610. The molecule has 2 rings (SSSR count). The van der Waals surface area contributed by atoms with Gasteiger partial charge in [0.2, 0.25) is 5.91 Å². The molecule has 0 unspecified atom stereocenters. The van der Waals surface area contributed by atoms with Crippen molar-refractivity contribution in [3.8, 4) is 11.3 Å². The SMILES string of the molecule is CCCCC(=O)NC(=S)Nc1nc(-c2ccccc2)cs1. The predicted octanol–water partition coefficient (Wildman–Crippen LogP) is 3.81. The first-order valence-corrected chi connectivity index (χ1v) is 8.09. The largest absolute Gasteiger partial charge is 0.308 e. The number of anilines is 1. The highest BCUT2D eigenvalue weighted by Gasteiger charge is 2.08. The fourth-order valence-electron chi connectivity index (χ4n) is 1.73. The van der Waals surface area contributed by atoms with Crippen molar-refractivity contribution >= 4 is 39.7 Å². The molecule has 0 atom stereocenters. The highest BCUT2D eigenvalue weighted by atomic mass is 32.1. The van der Waals surface area contributed by atoms with E-state index in [0.717, 1.165) is 24.1 Å². The Kier molecular flexibility index (Phi) is 5.83. The van der Waals surface area contributed by atoms with Gasteiger partial charge >= 0.3 is 0 Å². The van der Waals surface area contributed by atoms with Crippen molar-refractivity contribution in [3.05, 3.63) is 35.7 Å². The van der Waals surface area contributed by atoms with Crippen LogP contribution in [0.15, 0.2) is 35.7 Å². The second kappa shape index (κ2) is 7.85. The number of unbranched alkanes of at least 4 members (excludes halogenated alkanes) is 1. The quantitative estimate of drug-likeness (QED) is 0.823. The zero-order chi connectivity index (χ0) is 15.1. The van der Waals surface area contributed by atoms with Crippen LogP contribution >= 0.6 is 23.6 Å². The van der Waals surface area contributed by atoms with Crippen LogP contribution in [0.5, 0.6) is 0 Å². The van der Waals surface area contributed by atoms with Crippen LogP contribution in [0.3, 0.4) is 0 Å². The van der Waals surface area contributed by atoms with Gasteiger partial charge in [0.1, 0.15) is 0 Å². The predicted molar refractivity (Wildman–Crippen MR) is 91.4 cm³/mol. The molecular formula is C15H17N3OS2. The van der Waals surface area contributed by atoms with E-state index in [1.54, 1.807) is 0 Å². The first-order chi connectivity index (χ1) is 10.2. The topological polar surface area (TPSA) is 54.0 Å². The van der Waals surface area contributed by atoms with Crippen molar-refractivity contribution in [2.75, 3.05) is 5.32 Å². The summed E-state index contributed by atoms with van der Waals surface area (Å²) in [7, 11) is 0. The number of nitrogens with zero attached hydrogens (tertiary/aromatic N) is 1. The number of carbonyl (C=O) groups excluding carboxylic acids is 1. The number of hydrogen-bond acceptors (Lipinski definition) is 4. The second-order valence-corrected chi connectivity index (χ2v) is 5.78. The van der Waals surface area contributed by atoms with Crippen molar-refractivity contribution in [2.45, 2.75) is 26.2 Å². The summed E-state index contributed by atoms with van der Waals surface area (Å²) in [6, 6.07) is 9.92. The lowest BCUT2D eigenvalue weighted by atomic mass is 10.2. The van der Waals surface area contributed by atoms with Crippen LogP contribution in [-0.4, -0.2) is 16.0 Å². The average molecular weight is 319 g/mol. The zero-order valence-corrected chi connectivity index (χ0v) is 13.4. The van der Waals surface area contributed by atoms with Crippen LogP contribution < -0.4 is 10.6 Å². The van der Waals surface area contributed by atoms with Gasteiger partial charge in [-0.3, -0.25) is 4.79 Å². The molecule has 1 aromatic heterocycles. The fraction of sp³-hybridized carbons (Fsp3) is 0.267. The van der Waals surface area contributed by atoms with Crippen LogP contribution in [0.4, 0.5) is 5.13 Å². The number of thiazole rings is 1. The Morgan fingerprint density at radius 3 is 2.81 bits per heavy atom. The van der Waals surface area contributed by atoms with E-state index in [1.807, 2.05) is 42.6 Å². The number of hydrogen-bond donors (Lipinski definition) is 2. The minimum atomic E-state index is -0.0609. The summed E-state index contributed by atoms with van der Waals surface area (Å²) in [4.78, 5) is 16.0. The highest BCUT2D eigenvalue weighted by molar-refractivity contribution is 7.80. The Morgan fingerprint density at radius 2 is 2.10 bits per heavy atom. The van der Waals surface area contributed by atoms with E-state index >= 15 is 0 Å². The number of carbonyl (C=O) groups is 1. The molecular weight excluding hydrogens is 302 g/mol. The van der Waals surface area contributed by atoms with Gasteiger partial charge in [0, 0.05) is 17.4 Å². The molecule has 0 aliphatic rings. The van der Waals surface area contributed by atoms with E-state index in [-0.39, 0.29) is 5.91 Å². The highest BCUT2D eigenvalue weighted by Crippen LogP contribution is 2.24. The molecule has 0 aliphatic heterocycles. The lowest BCUT2D eigenvalue weighted by Crippen LogP contribution is -2.33. The van der Waals surface area contributed by atoms with E-state index in [4.69, 9.17) is 12.2 Å². The summed E-state index contributed by atoms with van der Waals surface area (Å²) in [6.07, 6.45) is 2.34. The van der Waals surface area contributed by atoms with Crippen molar-refractivity contribution in [1.29, 1.82) is 0 Å². The van der Waals surface area contributed by atoms with Gasteiger partial charge in [-0.1, -0.05) is 43.7 Å². The van der Waals surface area contributed by atoms with Crippen molar-refractivity contribution in [1.82, 2.24) is 10.3 Å². The van der Waals surface area contributed by atoms with Crippen LogP contribution in [-0.2, 0) is 4.79 Å². The van der Waals surface area contributed by atoms with Gasteiger partial charge in [0.05, 0.1) is 5.69 Å². The van der Waals surface area contributed by atoms with Crippen molar-refractivity contribution < 1.29 is 4.79 Å². The molecule has 0 bridgehead atoms. The minimum absolute atomic E-state index is 0.0609. The maximum atomic E-state index is 11.6.